The van der Waals surface area contributed by atoms with Crippen molar-refractivity contribution in [1.29, 1.82) is 0 Å². The highest BCUT2D eigenvalue weighted by Gasteiger charge is 2.23. The topological polar surface area (TPSA) is 24.9 Å². The molecule has 1 aliphatic carbocycles. The Morgan fingerprint density at radius 3 is 2.86 bits per heavy atom. The van der Waals surface area contributed by atoms with Gasteiger partial charge in [-0.1, -0.05) is 30.7 Å². The molecule has 0 saturated carbocycles. The molecule has 0 fully saturated rings. The van der Waals surface area contributed by atoms with E-state index in [9.17, 15) is 0 Å². The van der Waals surface area contributed by atoms with Gasteiger partial charge >= 0.3 is 0 Å². The van der Waals surface area contributed by atoms with Gasteiger partial charge in [0.15, 0.2) is 0 Å². The van der Waals surface area contributed by atoms with Gasteiger partial charge in [-0.2, -0.15) is 0 Å². The van der Waals surface area contributed by atoms with Crippen molar-refractivity contribution in [3.63, 3.8) is 0 Å². The number of fused-ring (bicyclic) bond motifs is 1. The second kappa shape index (κ2) is 6.29. The van der Waals surface area contributed by atoms with Crippen LogP contribution in [-0.2, 0) is 12.8 Å². The van der Waals surface area contributed by atoms with Crippen LogP contribution in [0.3, 0.4) is 0 Å². The number of hydrogen-bond donors (Lipinski definition) is 1. The van der Waals surface area contributed by atoms with Gasteiger partial charge in [-0.15, -0.1) is 11.3 Å². The van der Waals surface area contributed by atoms with E-state index in [1.807, 2.05) is 11.3 Å². The van der Waals surface area contributed by atoms with Crippen molar-refractivity contribution in [2.24, 2.45) is 0 Å². The normalized spacial score (nSPS) is 15.2. The zero-order valence-electron chi connectivity index (χ0n) is 13.2. The molecule has 2 nitrogen and oxygen atoms in total. The first-order valence-corrected chi connectivity index (χ1v) is 8.79. The van der Waals surface area contributed by atoms with Gasteiger partial charge in [0.2, 0.25) is 0 Å². The number of benzene rings is 1. The van der Waals surface area contributed by atoms with Gasteiger partial charge in [-0.3, -0.25) is 0 Å². The molecule has 0 amide bonds. The van der Waals surface area contributed by atoms with Crippen molar-refractivity contribution in [1.82, 2.24) is 10.3 Å². The van der Waals surface area contributed by atoms with Crippen LogP contribution in [0.4, 0.5) is 0 Å². The van der Waals surface area contributed by atoms with Crippen molar-refractivity contribution in [2.45, 2.75) is 52.5 Å². The van der Waals surface area contributed by atoms with Crippen molar-refractivity contribution in [3.05, 3.63) is 50.5 Å². The first kappa shape index (κ1) is 14.7. The van der Waals surface area contributed by atoms with Gasteiger partial charge in [0, 0.05) is 4.88 Å². The second-order valence-electron chi connectivity index (χ2n) is 6.02. The Bertz CT molecular complexity index is 609. The van der Waals surface area contributed by atoms with Crippen LogP contribution < -0.4 is 5.32 Å². The molecular formula is C18H24N2S. The lowest BCUT2D eigenvalue weighted by atomic mass is 9.99. The van der Waals surface area contributed by atoms with Gasteiger partial charge in [-0.25, -0.2) is 4.98 Å². The third-order valence-corrected chi connectivity index (χ3v) is 5.42. The third kappa shape index (κ3) is 3.04. The van der Waals surface area contributed by atoms with Crippen LogP contribution in [0.5, 0.6) is 0 Å². The molecule has 1 aromatic heterocycles. The Kier molecular flexibility index (Phi) is 4.41. The average molecular weight is 300 g/mol. The van der Waals surface area contributed by atoms with E-state index >= 15 is 0 Å². The van der Waals surface area contributed by atoms with Gasteiger partial charge in [0.25, 0.3) is 0 Å². The molecular weight excluding hydrogens is 276 g/mol. The molecule has 0 spiro atoms. The van der Waals surface area contributed by atoms with Crippen molar-refractivity contribution in [2.75, 3.05) is 6.54 Å². The molecule has 2 aromatic rings. The number of nitrogens with zero attached hydrogens (tertiary/aromatic N) is 1. The van der Waals surface area contributed by atoms with Crippen LogP contribution in [0, 0.1) is 13.8 Å². The average Bonchev–Trinajstić information content (AvgIpc) is 3.02. The molecule has 1 unspecified atom stereocenters. The summed E-state index contributed by atoms with van der Waals surface area (Å²) in [6.07, 6.45) is 4.82. The van der Waals surface area contributed by atoms with Crippen LogP contribution in [0.25, 0.3) is 0 Å². The second-order valence-corrected chi connectivity index (χ2v) is 7.14. The molecule has 0 bridgehead atoms. The smallest absolute Gasteiger partial charge is 0.115 e. The minimum Gasteiger partial charge on any atom is -0.304 e. The van der Waals surface area contributed by atoms with Crippen LogP contribution in [0.1, 0.15) is 58.1 Å². The summed E-state index contributed by atoms with van der Waals surface area (Å²) in [5, 5.41) is 4.95. The van der Waals surface area contributed by atoms with Gasteiger partial charge in [0.05, 0.1) is 11.7 Å². The van der Waals surface area contributed by atoms with E-state index in [-0.39, 0.29) is 6.04 Å². The summed E-state index contributed by atoms with van der Waals surface area (Å²) in [5.74, 6) is 0. The van der Waals surface area contributed by atoms with Crippen LogP contribution >= 0.6 is 11.3 Å². The minimum atomic E-state index is 0.251. The molecule has 1 atom stereocenters. The molecule has 21 heavy (non-hydrogen) atoms. The molecule has 1 N–H and O–H groups in total. The molecule has 1 aliphatic rings. The third-order valence-electron chi connectivity index (χ3n) is 4.19. The predicted octanol–water partition coefficient (Wildman–Crippen LogP) is 4.34. The highest BCUT2D eigenvalue weighted by Crippen LogP contribution is 2.34. The zero-order chi connectivity index (χ0) is 14.8. The Labute approximate surface area is 131 Å². The predicted molar refractivity (Wildman–Crippen MR) is 90.2 cm³/mol. The summed E-state index contributed by atoms with van der Waals surface area (Å²) in [7, 11) is 0. The molecule has 0 radical (unpaired) electrons. The fraction of sp³-hybridized carbons (Fsp3) is 0.500. The van der Waals surface area contributed by atoms with Crippen molar-refractivity contribution < 1.29 is 0 Å². The molecule has 1 aromatic carbocycles. The highest BCUT2D eigenvalue weighted by molar-refractivity contribution is 7.11. The zero-order valence-corrected chi connectivity index (χ0v) is 14.0. The first-order chi connectivity index (χ1) is 10.2. The molecule has 3 rings (SSSR count). The maximum Gasteiger partial charge on any atom is 0.115 e. The van der Waals surface area contributed by atoms with Crippen molar-refractivity contribution >= 4 is 11.3 Å². The maximum absolute atomic E-state index is 4.94. The fourth-order valence-electron chi connectivity index (χ4n) is 3.10. The maximum atomic E-state index is 4.94. The molecule has 3 heteroatoms. The lowest BCUT2D eigenvalue weighted by Crippen LogP contribution is -2.24. The summed E-state index contributed by atoms with van der Waals surface area (Å²) in [5.41, 5.74) is 5.41. The van der Waals surface area contributed by atoms with Gasteiger partial charge < -0.3 is 5.32 Å². The highest BCUT2D eigenvalue weighted by atomic mass is 32.1. The van der Waals surface area contributed by atoms with E-state index in [0.717, 1.165) is 13.0 Å². The lowest BCUT2D eigenvalue weighted by molar-refractivity contribution is 0.592. The summed E-state index contributed by atoms with van der Waals surface area (Å²) < 4.78 is 0. The summed E-state index contributed by atoms with van der Waals surface area (Å²) in [6, 6.07) is 7.01. The number of aromatic nitrogens is 1. The minimum absolute atomic E-state index is 0.251. The van der Waals surface area contributed by atoms with E-state index in [1.54, 1.807) is 0 Å². The van der Waals surface area contributed by atoms with E-state index in [0.29, 0.717) is 0 Å². The number of thiazole rings is 1. The summed E-state index contributed by atoms with van der Waals surface area (Å²) in [6.45, 7) is 7.61. The largest absolute Gasteiger partial charge is 0.304 e. The molecule has 112 valence electrons. The van der Waals surface area contributed by atoms with Crippen LogP contribution in [-0.4, -0.2) is 11.5 Å². The SMILES string of the molecule is CCCNC(c1nc2c(s1)CCC2)c1ccc(C)cc1C. The Balaban J connectivity index is 1.96. The fourth-order valence-corrected chi connectivity index (χ4v) is 4.35. The Hall–Kier alpha value is -1.19. The van der Waals surface area contributed by atoms with Gasteiger partial charge in [-0.05, 0) is 57.2 Å². The van der Waals surface area contributed by atoms with Crippen LogP contribution in [0.2, 0.25) is 0 Å². The quantitative estimate of drug-likeness (QED) is 0.888. The van der Waals surface area contributed by atoms with E-state index in [4.69, 9.17) is 4.98 Å². The number of rotatable bonds is 5. The number of hydrogen-bond acceptors (Lipinski definition) is 3. The van der Waals surface area contributed by atoms with Crippen molar-refractivity contribution in [3.8, 4) is 0 Å². The van der Waals surface area contributed by atoms with E-state index in [1.165, 1.54) is 51.5 Å². The lowest BCUT2D eigenvalue weighted by Gasteiger charge is -2.19. The molecule has 1 heterocycles. The van der Waals surface area contributed by atoms with Gasteiger partial charge in [0.1, 0.15) is 5.01 Å². The van der Waals surface area contributed by atoms with E-state index in [2.05, 4.69) is 44.3 Å². The molecule has 0 aliphatic heterocycles. The van der Waals surface area contributed by atoms with E-state index < -0.39 is 0 Å². The first-order valence-electron chi connectivity index (χ1n) is 7.98. The number of aryl methyl sites for hydroxylation is 4. The van der Waals surface area contributed by atoms with Crippen LogP contribution in [0.15, 0.2) is 18.2 Å². The standard InChI is InChI=1S/C18H24N2S/c1-4-10-19-17(14-9-8-12(2)11-13(14)3)18-20-15-6-5-7-16(15)21-18/h8-9,11,17,19H,4-7,10H2,1-3H3. The number of nitrogens with one attached hydrogen (secondary N) is 1. The Morgan fingerprint density at radius 1 is 1.29 bits per heavy atom. The Morgan fingerprint density at radius 2 is 2.14 bits per heavy atom. The summed E-state index contributed by atoms with van der Waals surface area (Å²) >= 11 is 1.91. The monoisotopic (exact) mass is 300 g/mol. The summed E-state index contributed by atoms with van der Waals surface area (Å²) in [4.78, 5) is 6.45. The molecule has 0 saturated heterocycles.